The first kappa shape index (κ1) is 16.6. The molecule has 0 aliphatic carbocycles. The summed E-state index contributed by atoms with van der Waals surface area (Å²) in [5, 5.41) is 9.48. The summed E-state index contributed by atoms with van der Waals surface area (Å²) in [5.74, 6) is -2.30. The minimum absolute atomic E-state index is 0.0770. The van der Waals surface area contributed by atoms with E-state index in [0.717, 1.165) is 10.5 Å². The van der Waals surface area contributed by atoms with Crippen molar-refractivity contribution < 1.29 is 19.5 Å². The summed E-state index contributed by atoms with van der Waals surface area (Å²) in [6, 6.07) is 14.9. The lowest BCUT2D eigenvalue weighted by Gasteiger charge is -2.21. The Hall–Kier alpha value is -3.21. The molecule has 126 valence electrons. The molecule has 1 atom stereocenters. The molecule has 1 heterocycles. The van der Waals surface area contributed by atoms with E-state index in [-0.39, 0.29) is 17.5 Å². The van der Waals surface area contributed by atoms with Gasteiger partial charge in [0.2, 0.25) is 0 Å². The number of hydrogen-bond donors (Lipinski definition) is 1. The summed E-state index contributed by atoms with van der Waals surface area (Å²) in [5.41, 5.74) is 1.62. The lowest BCUT2D eigenvalue weighted by atomic mass is 10.1. The second-order valence-corrected chi connectivity index (χ2v) is 5.78. The average Bonchev–Trinajstić information content (AvgIpc) is 2.87. The third-order valence-corrected chi connectivity index (χ3v) is 4.14. The predicted octanol–water partition coefficient (Wildman–Crippen LogP) is 2.92. The van der Waals surface area contributed by atoms with Crippen LogP contribution in [0.1, 0.15) is 32.7 Å². The van der Waals surface area contributed by atoms with E-state index in [9.17, 15) is 19.5 Å². The van der Waals surface area contributed by atoms with E-state index in [1.807, 2.05) is 36.4 Å². The summed E-state index contributed by atoms with van der Waals surface area (Å²) < 4.78 is 0. The number of hydrogen-bond acceptors (Lipinski definition) is 3. The molecule has 1 N–H and O–H groups in total. The van der Waals surface area contributed by atoms with Gasteiger partial charge in [-0.3, -0.25) is 14.5 Å². The van der Waals surface area contributed by atoms with Gasteiger partial charge in [-0.1, -0.05) is 54.6 Å². The number of carboxylic acid groups (broad SMARTS) is 1. The minimum atomic E-state index is -1.21. The first-order chi connectivity index (χ1) is 12.1. The molecule has 0 aromatic heterocycles. The van der Waals surface area contributed by atoms with Crippen molar-refractivity contribution in [3.05, 3.63) is 83.4 Å². The molecule has 2 amide bonds. The van der Waals surface area contributed by atoms with Crippen molar-refractivity contribution >= 4 is 17.8 Å². The number of nitrogens with zero attached hydrogens (tertiary/aromatic N) is 1. The van der Waals surface area contributed by atoms with E-state index >= 15 is 0 Å². The second kappa shape index (κ2) is 7.13. The molecule has 1 aliphatic rings. The van der Waals surface area contributed by atoms with Gasteiger partial charge < -0.3 is 5.11 Å². The molecule has 2 aromatic rings. The number of allylic oxidation sites excluding steroid dienone is 1. The second-order valence-electron chi connectivity index (χ2n) is 5.78. The molecular weight excluding hydrogens is 318 g/mol. The molecule has 0 unspecified atom stereocenters. The molecule has 0 fully saturated rings. The zero-order valence-electron chi connectivity index (χ0n) is 13.5. The Balaban J connectivity index is 1.73. The normalized spacial score (nSPS) is 14.8. The fraction of sp³-hybridized carbons (Fsp3) is 0.150. The largest absolute Gasteiger partial charge is 0.480 e. The fourth-order valence-corrected chi connectivity index (χ4v) is 2.87. The van der Waals surface area contributed by atoms with Crippen molar-refractivity contribution in [2.45, 2.75) is 18.9 Å². The van der Waals surface area contributed by atoms with E-state index in [2.05, 4.69) is 0 Å². The molecular formula is C20H17NO4. The maximum atomic E-state index is 12.4. The summed E-state index contributed by atoms with van der Waals surface area (Å²) in [7, 11) is 0. The van der Waals surface area contributed by atoms with Crippen LogP contribution in [-0.2, 0) is 11.2 Å². The minimum Gasteiger partial charge on any atom is -0.480 e. The van der Waals surface area contributed by atoms with Gasteiger partial charge in [-0.2, -0.15) is 0 Å². The molecule has 2 aromatic carbocycles. The summed E-state index contributed by atoms with van der Waals surface area (Å²) >= 11 is 0. The molecule has 5 heteroatoms. The molecule has 0 saturated heterocycles. The Bertz CT molecular complexity index is 807. The topological polar surface area (TPSA) is 74.7 Å². The summed E-state index contributed by atoms with van der Waals surface area (Å²) in [6.45, 7) is 0. The highest BCUT2D eigenvalue weighted by Gasteiger charge is 2.42. The van der Waals surface area contributed by atoms with Gasteiger partial charge in [0.05, 0.1) is 11.1 Å². The zero-order chi connectivity index (χ0) is 17.8. The predicted molar refractivity (Wildman–Crippen MR) is 92.3 cm³/mol. The third kappa shape index (κ3) is 3.35. The van der Waals surface area contributed by atoms with Crippen molar-refractivity contribution in [1.82, 2.24) is 4.90 Å². The molecule has 0 bridgehead atoms. The van der Waals surface area contributed by atoms with Crippen molar-refractivity contribution in [2.75, 3.05) is 0 Å². The van der Waals surface area contributed by atoms with Crippen LogP contribution in [0.15, 0.2) is 66.7 Å². The number of imide groups is 1. The van der Waals surface area contributed by atoms with Gasteiger partial charge in [0.25, 0.3) is 11.8 Å². The lowest BCUT2D eigenvalue weighted by molar-refractivity contribution is -0.141. The van der Waals surface area contributed by atoms with Gasteiger partial charge in [0.15, 0.2) is 0 Å². The molecule has 25 heavy (non-hydrogen) atoms. The molecule has 1 aliphatic heterocycles. The van der Waals surface area contributed by atoms with Crippen LogP contribution >= 0.6 is 0 Å². The number of rotatable bonds is 6. The SMILES string of the molecule is O=C(O)[C@H](CC=CCc1ccccc1)N1C(=O)c2ccccc2C1=O. The van der Waals surface area contributed by atoms with E-state index < -0.39 is 23.8 Å². The van der Waals surface area contributed by atoms with Crippen LogP contribution in [0.4, 0.5) is 0 Å². The maximum absolute atomic E-state index is 12.4. The van der Waals surface area contributed by atoms with Gasteiger partial charge in [0, 0.05) is 0 Å². The molecule has 0 spiro atoms. The van der Waals surface area contributed by atoms with Crippen molar-refractivity contribution in [2.24, 2.45) is 0 Å². The molecule has 3 rings (SSSR count). The highest BCUT2D eigenvalue weighted by atomic mass is 16.4. The van der Waals surface area contributed by atoms with Crippen LogP contribution in [0.2, 0.25) is 0 Å². The Morgan fingerprint density at radius 3 is 2.04 bits per heavy atom. The number of aliphatic carboxylic acids is 1. The Morgan fingerprint density at radius 2 is 1.48 bits per heavy atom. The monoisotopic (exact) mass is 335 g/mol. The van der Waals surface area contributed by atoms with E-state index in [1.165, 1.54) is 0 Å². The smallest absolute Gasteiger partial charge is 0.327 e. The quantitative estimate of drug-likeness (QED) is 0.650. The van der Waals surface area contributed by atoms with Crippen molar-refractivity contribution in [3.8, 4) is 0 Å². The van der Waals surface area contributed by atoms with Gasteiger partial charge >= 0.3 is 5.97 Å². The first-order valence-electron chi connectivity index (χ1n) is 7.98. The number of fused-ring (bicyclic) bond motifs is 1. The van der Waals surface area contributed by atoms with Crippen LogP contribution < -0.4 is 0 Å². The first-order valence-corrected chi connectivity index (χ1v) is 7.98. The number of benzene rings is 2. The van der Waals surface area contributed by atoms with Gasteiger partial charge in [0.1, 0.15) is 6.04 Å². The fourth-order valence-electron chi connectivity index (χ4n) is 2.87. The molecule has 5 nitrogen and oxygen atoms in total. The molecule has 0 saturated carbocycles. The van der Waals surface area contributed by atoms with E-state index in [0.29, 0.717) is 6.42 Å². The number of amides is 2. The number of carbonyl (C=O) groups is 3. The van der Waals surface area contributed by atoms with Crippen LogP contribution in [0, 0.1) is 0 Å². The van der Waals surface area contributed by atoms with Crippen LogP contribution in [0.5, 0.6) is 0 Å². The lowest BCUT2D eigenvalue weighted by Crippen LogP contribution is -2.44. The van der Waals surface area contributed by atoms with Gasteiger partial charge in [-0.25, -0.2) is 4.79 Å². The third-order valence-electron chi connectivity index (χ3n) is 4.14. The highest BCUT2D eigenvalue weighted by molar-refractivity contribution is 6.22. The van der Waals surface area contributed by atoms with Crippen molar-refractivity contribution in [3.63, 3.8) is 0 Å². The highest BCUT2D eigenvalue weighted by Crippen LogP contribution is 2.25. The number of carboxylic acids is 1. The van der Waals surface area contributed by atoms with Gasteiger partial charge in [-0.05, 0) is 30.5 Å². The van der Waals surface area contributed by atoms with Gasteiger partial charge in [-0.15, -0.1) is 0 Å². The van der Waals surface area contributed by atoms with Crippen molar-refractivity contribution in [1.29, 1.82) is 0 Å². The van der Waals surface area contributed by atoms with E-state index in [4.69, 9.17) is 0 Å². The standard InChI is InChI=1S/C20H17NO4/c22-18-15-11-5-6-12-16(15)19(23)21(18)17(20(24)25)13-7-4-10-14-8-2-1-3-9-14/h1-9,11-12,17H,10,13H2,(H,24,25)/t17-/m0/s1. The number of carbonyl (C=O) groups excluding carboxylic acids is 2. The van der Waals surface area contributed by atoms with Crippen LogP contribution in [0.25, 0.3) is 0 Å². The van der Waals surface area contributed by atoms with Crippen LogP contribution in [0.3, 0.4) is 0 Å². The Labute approximate surface area is 145 Å². The van der Waals surface area contributed by atoms with E-state index in [1.54, 1.807) is 30.3 Å². The average molecular weight is 335 g/mol. The molecule has 0 radical (unpaired) electrons. The summed E-state index contributed by atoms with van der Waals surface area (Å²) in [4.78, 5) is 37.3. The summed E-state index contributed by atoms with van der Waals surface area (Å²) in [6.07, 6.45) is 4.29. The zero-order valence-corrected chi connectivity index (χ0v) is 13.5. The van der Waals surface area contributed by atoms with Crippen LogP contribution in [-0.4, -0.2) is 33.8 Å². The Kier molecular flexibility index (Phi) is 4.75. The maximum Gasteiger partial charge on any atom is 0.327 e. The Morgan fingerprint density at radius 1 is 0.920 bits per heavy atom.